The maximum Gasteiger partial charge on any atom is 0.273 e. The summed E-state index contributed by atoms with van der Waals surface area (Å²) in [7, 11) is 1.68. The first-order valence-corrected chi connectivity index (χ1v) is 6.79. The van der Waals surface area contributed by atoms with Gasteiger partial charge >= 0.3 is 0 Å². The average Bonchev–Trinajstić information content (AvgIpc) is 2.47. The van der Waals surface area contributed by atoms with Crippen molar-refractivity contribution in [1.29, 1.82) is 0 Å². The number of aromatic hydroxyl groups is 1. The third-order valence-electron chi connectivity index (χ3n) is 3.74. The SMILES string of the molecule is COCC1(CNC(=O)c2ncccc2O)CCNCC1.Cl. The number of carbonyl (C=O) groups is 1. The van der Waals surface area contributed by atoms with Crippen molar-refractivity contribution >= 4 is 18.3 Å². The minimum atomic E-state index is -0.350. The summed E-state index contributed by atoms with van der Waals surface area (Å²) < 4.78 is 5.30. The lowest BCUT2D eigenvalue weighted by molar-refractivity contribution is 0.0510. The predicted octanol–water partition coefficient (Wildman–Crippen LogP) is 0.955. The van der Waals surface area contributed by atoms with Crippen LogP contribution in [0.4, 0.5) is 0 Å². The molecule has 0 aliphatic carbocycles. The molecule has 2 rings (SSSR count). The highest BCUT2D eigenvalue weighted by atomic mass is 35.5. The molecular weight excluding hydrogens is 294 g/mol. The zero-order valence-corrected chi connectivity index (χ0v) is 12.9. The fraction of sp³-hybridized carbons (Fsp3) is 0.571. The topological polar surface area (TPSA) is 83.5 Å². The molecule has 6 nitrogen and oxygen atoms in total. The van der Waals surface area contributed by atoms with Gasteiger partial charge < -0.3 is 20.5 Å². The average molecular weight is 316 g/mol. The summed E-state index contributed by atoms with van der Waals surface area (Å²) in [6.07, 6.45) is 3.40. The number of hydrogen-bond acceptors (Lipinski definition) is 5. The summed E-state index contributed by atoms with van der Waals surface area (Å²) in [5.74, 6) is -0.451. The number of carbonyl (C=O) groups excluding carboxylic acids is 1. The van der Waals surface area contributed by atoms with E-state index >= 15 is 0 Å². The Hall–Kier alpha value is -1.37. The van der Waals surface area contributed by atoms with Gasteiger partial charge in [-0.15, -0.1) is 12.4 Å². The monoisotopic (exact) mass is 315 g/mol. The minimum absolute atomic E-state index is 0. The van der Waals surface area contributed by atoms with Gasteiger partial charge in [0.25, 0.3) is 5.91 Å². The van der Waals surface area contributed by atoms with Crippen molar-refractivity contribution in [3.05, 3.63) is 24.0 Å². The highest BCUT2D eigenvalue weighted by molar-refractivity contribution is 5.94. The lowest BCUT2D eigenvalue weighted by Gasteiger charge is -2.37. The number of aromatic nitrogens is 1. The number of halogens is 1. The quantitative estimate of drug-likeness (QED) is 0.753. The Morgan fingerprint density at radius 2 is 2.24 bits per heavy atom. The van der Waals surface area contributed by atoms with Crippen molar-refractivity contribution in [1.82, 2.24) is 15.6 Å². The number of nitrogens with zero attached hydrogens (tertiary/aromatic N) is 1. The normalized spacial score (nSPS) is 16.8. The molecule has 1 aliphatic rings. The van der Waals surface area contributed by atoms with Gasteiger partial charge in [-0.25, -0.2) is 4.98 Å². The van der Waals surface area contributed by atoms with E-state index in [-0.39, 0.29) is 35.2 Å². The van der Waals surface area contributed by atoms with Gasteiger partial charge in [0.1, 0.15) is 5.75 Å². The van der Waals surface area contributed by atoms with E-state index in [1.54, 1.807) is 13.2 Å². The van der Waals surface area contributed by atoms with Gasteiger partial charge in [-0.2, -0.15) is 0 Å². The zero-order chi connectivity index (χ0) is 14.4. The Kier molecular flexibility index (Phi) is 6.87. The zero-order valence-electron chi connectivity index (χ0n) is 12.1. The fourth-order valence-corrected chi connectivity index (χ4v) is 2.56. The summed E-state index contributed by atoms with van der Waals surface area (Å²) in [6.45, 7) is 2.99. The Morgan fingerprint density at radius 3 is 2.86 bits per heavy atom. The second kappa shape index (κ2) is 8.17. The van der Waals surface area contributed by atoms with Gasteiger partial charge in [0, 0.05) is 25.3 Å². The lowest BCUT2D eigenvalue weighted by Crippen LogP contribution is -2.47. The van der Waals surface area contributed by atoms with Gasteiger partial charge in [0.2, 0.25) is 0 Å². The van der Waals surface area contributed by atoms with E-state index < -0.39 is 0 Å². The van der Waals surface area contributed by atoms with Crippen molar-refractivity contribution in [3.63, 3.8) is 0 Å². The van der Waals surface area contributed by atoms with Crippen LogP contribution in [0.15, 0.2) is 18.3 Å². The summed E-state index contributed by atoms with van der Waals surface area (Å²) in [5.41, 5.74) is 0.0223. The highest BCUT2D eigenvalue weighted by Gasteiger charge is 2.32. The number of methoxy groups -OCH3 is 1. The summed E-state index contributed by atoms with van der Waals surface area (Å²) >= 11 is 0. The molecule has 0 spiro atoms. The number of piperidine rings is 1. The minimum Gasteiger partial charge on any atom is -0.505 e. The van der Waals surface area contributed by atoms with Crippen LogP contribution in [0.2, 0.25) is 0 Å². The Labute approximate surface area is 130 Å². The molecule has 3 N–H and O–H groups in total. The van der Waals surface area contributed by atoms with Crippen LogP contribution >= 0.6 is 12.4 Å². The lowest BCUT2D eigenvalue weighted by atomic mass is 9.79. The van der Waals surface area contributed by atoms with Gasteiger partial charge in [0.15, 0.2) is 5.69 Å². The maximum atomic E-state index is 12.1. The molecule has 1 amide bonds. The van der Waals surface area contributed by atoms with Crippen LogP contribution in [0.5, 0.6) is 5.75 Å². The van der Waals surface area contributed by atoms with Crippen LogP contribution in [-0.4, -0.2) is 49.3 Å². The van der Waals surface area contributed by atoms with E-state index in [2.05, 4.69) is 15.6 Å². The number of hydrogen-bond donors (Lipinski definition) is 3. The molecule has 7 heteroatoms. The van der Waals surface area contributed by atoms with Gasteiger partial charge in [0.05, 0.1) is 6.61 Å². The third-order valence-corrected chi connectivity index (χ3v) is 3.74. The van der Waals surface area contributed by atoms with E-state index in [1.807, 2.05) is 0 Å². The van der Waals surface area contributed by atoms with Crippen LogP contribution in [0.3, 0.4) is 0 Å². The van der Waals surface area contributed by atoms with Crippen molar-refractivity contribution in [2.24, 2.45) is 5.41 Å². The van der Waals surface area contributed by atoms with E-state index in [0.29, 0.717) is 13.2 Å². The number of ether oxygens (including phenoxy) is 1. The molecule has 21 heavy (non-hydrogen) atoms. The summed E-state index contributed by atoms with van der Waals surface area (Å²) in [5, 5.41) is 15.8. The fourth-order valence-electron chi connectivity index (χ4n) is 2.56. The predicted molar refractivity (Wildman–Crippen MR) is 81.9 cm³/mol. The third kappa shape index (κ3) is 4.56. The van der Waals surface area contributed by atoms with Gasteiger partial charge in [-0.05, 0) is 38.1 Å². The number of rotatable bonds is 5. The molecular formula is C14H22ClN3O3. The van der Waals surface area contributed by atoms with Crippen LogP contribution in [-0.2, 0) is 4.74 Å². The molecule has 1 saturated heterocycles. The van der Waals surface area contributed by atoms with Gasteiger partial charge in [-0.3, -0.25) is 4.79 Å². The van der Waals surface area contributed by atoms with E-state index in [9.17, 15) is 9.90 Å². The van der Waals surface area contributed by atoms with Crippen molar-refractivity contribution < 1.29 is 14.6 Å². The maximum absolute atomic E-state index is 12.1. The smallest absolute Gasteiger partial charge is 0.273 e. The molecule has 1 aromatic heterocycles. The first-order valence-electron chi connectivity index (χ1n) is 6.79. The van der Waals surface area contributed by atoms with Crippen LogP contribution in [0.25, 0.3) is 0 Å². The molecule has 2 heterocycles. The number of nitrogens with one attached hydrogen (secondary N) is 2. The Balaban J connectivity index is 0.00000220. The van der Waals surface area contributed by atoms with Crippen molar-refractivity contribution in [2.45, 2.75) is 12.8 Å². The van der Waals surface area contributed by atoms with Crippen LogP contribution in [0.1, 0.15) is 23.3 Å². The van der Waals surface area contributed by atoms with Crippen molar-refractivity contribution in [2.75, 3.05) is 33.4 Å². The highest BCUT2D eigenvalue weighted by Crippen LogP contribution is 2.28. The molecule has 0 saturated carbocycles. The Morgan fingerprint density at radius 1 is 1.52 bits per heavy atom. The first kappa shape index (κ1) is 17.7. The van der Waals surface area contributed by atoms with Gasteiger partial charge in [-0.1, -0.05) is 0 Å². The molecule has 0 atom stereocenters. The largest absolute Gasteiger partial charge is 0.505 e. The molecule has 1 fully saturated rings. The van der Waals surface area contributed by atoms with E-state index in [0.717, 1.165) is 25.9 Å². The molecule has 0 radical (unpaired) electrons. The Bertz CT molecular complexity index is 459. The second-order valence-electron chi connectivity index (χ2n) is 5.24. The molecule has 1 aliphatic heterocycles. The molecule has 0 unspecified atom stereocenters. The molecule has 0 aromatic carbocycles. The first-order chi connectivity index (χ1) is 9.67. The summed E-state index contributed by atoms with van der Waals surface area (Å²) in [4.78, 5) is 16.0. The molecule has 0 bridgehead atoms. The molecule has 118 valence electrons. The van der Waals surface area contributed by atoms with Crippen LogP contribution < -0.4 is 10.6 Å². The van der Waals surface area contributed by atoms with Crippen molar-refractivity contribution in [3.8, 4) is 5.75 Å². The second-order valence-corrected chi connectivity index (χ2v) is 5.24. The number of pyridine rings is 1. The van der Waals surface area contributed by atoms with E-state index in [4.69, 9.17) is 4.74 Å². The van der Waals surface area contributed by atoms with E-state index in [1.165, 1.54) is 12.3 Å². The standard InChI is InChI=1S/C14H21N3O3.ClH/c1-20-10-14(4-7-15-8-5-14)9-17-13(19)12-11(18)3-2-6-16-12;/h2-3,6,15,18H,4-5,7-10H2,1H3,(H,17,19);1H. The van der Waals surface area contributed by atoms with Crippen LogP contribution in [0, 0.1) is 5.41 Å². The number of amides is 1. The summed E-state index contributed by atoms with van der Waals surface area (Å²) in [6, 6.07) is 3.04. The molecule has 1 aromatic rings.